The van der Waals surface area contributed by atoms with Crippen LogP contribution in [0.1, 0.15) is 59.4 Å². The van der Waals surface area contributed by atoms with Crippen molar-refractivity contribution in [3.05, 3.63) is 29.6 Å². The molecule has 1 N–H and O–H groups in total. The maximum absolute atomic E-state index is 14.4. The molecule has 0 aliphatic rings. The van der Waals surface area contributed by atoms with Gasteiger partial charge in [0.05, 0.1) is 5.69 Å². The van der Waals surface area contributed by atoms with E-state index in [2.05, 4.69) is 44.8 Å². The summed E-state index contributed by atoms with van der Waals surface area (Å²) < 4.78 is 14.4. The lowest BCUT2D eigenvalue weighted by molar-refractivity contribution is 0.562. The van der Waals surface area contributed by atoms with Crippen LogP contribution in [0.4, 0.5) is 10.1 Å². The molecule has 3 heteroatoms. The number of nitrogens with one attached hydrogen (secondary N) is 1. The fourth-order valence-corrected chi connectivity index (χ4v) is 2.50. The summed E-state index contributed by atoms with van der Waals surface area (Å²) in [4.78, 5) is 2.21. The average molecular weight is 294 g/mol. The summed E-state index contributed by atoms with van der Waals surface area (Å²) in [6.07, 6.45) is 3.49. The van der Waals surface area contributed by atoms with Crippen LogP contribution in [-0.4, -0.2) is 18.6 Å². The number of para-hydroxylation sites is 1. The molecule has 1 aromatic rings. The van der Waals surface area contributed by atoms with Gasteiger partial charge in [-0.1, -0.05) is 45.7 Å². The molecule has 2 nitrogen and oxygen atoms in total. The third-order valence-electron chi connectivity index (χ3n) is 3.68. The molecule has 0 aromatic heterocycles. The Kier molecular flexibility index (Phi) is 7.73. The molecule has 0 saturated carbocycles. The van der Waals surface area contributed by atoms with Gasteiger partial charge in [0, 0.05) is 25.2 Å². The van der Waals surface area contributed by atoms with Gasteiger partial charge in [0.25, 0.3) is 0 Å². The van der Waals surface area contributed by atoms with E-state index < -0.39 is 0 Å². The van der Waals surface area contributed by atoms with Crippen LogP contribution in [-0.2, 0) is 6.54 Å². The fourth-order valence-electron chi connectivity index (χ4n) is 2.50. The SMILES string of the molecule is CCCCCN(c1c(F)cccc1CNC(C)C)C(C)C. The molecule has 0 aliphatic heterocycles. The molecule has 0 spiro atoms. The van der Waals surface area contributed by atoms with Crippen LogP contribution < -0.4 is 10.2 Å². The summed E-state index contributed by atoms with van der Waals surface area (Å²) in [5.41, 5.74) is 1.82. The van der Waals surface area contributed by atoms with Gasteiger partial charge in [0.15, 0.2) is 0 Å². The highest BCUT2D eigenvalue weighted by atomic mass is 19.1. The van der Waals surface area contributed by atoms with Crippen LogP contribution in [0, 0.1) is 5.82 Å². The Balaban J connectivity index is 2.98. The molecule has 0 fully saturated rings. The molecule has 0 unspecified atom stereocenters. The Morgan fingerprint density at radius 2 is 1.86 bits per heavy atom. The Hall–Kier alpha value is -1.09. The Morgan fingerprint density at radius 1 is 1.14 bits per heavy atom. The van der Waals surface area contributed by atoms with Crippen molar-refractivity contribution in [3.8, 4) is 0 Å². The van der Waals surface area contributed by atoms with Crippen molar-refractivity contribution in [2.75, 3.05) is 11.4 Å². The molecule has 0 heterocycles. The minimum Gasteiger partial charge on any atom is -0.366 e. The number of hydrogen-bond acceptors (Lipinski definition) is 2. The van der Waals surface area contributed by atoms with Crippen LogP contribution in [0.25, 0.3) is 0 Å². The quantitative estimate of drug-likeness (QED) is 0.662. The molecule has 120 valence electrons. The second-order valence-electron chi connectivity index (χ2n) is 6.28. The van der Waals surface area contributed by atoms with Crippen LogP contribution in [0.15, 0.2) is 18.2 Å². The van der Waals surface area contributed by atoms with E-state index in [1.165, 1.54) is 12.8 Å². The Labute approximate surface area is 129 Å². The number of anilines is 1. The van der Waals surface area contributed by atoms with Crippen LogP contribution in [0.5, 0.6) is 0 Å². The van der Waals surface area contributed by atoms with E-state index in [4.69, 9.17) is 0 Å². The van der Waals surface area contributed by atoms with Gasteiger partial charge >= 0.3 is 0 Å². The number of benzene rings is 1. The molecular formula is C18H31FN2. The second kappa shape index (κ2) is 9.04. The largest absolute Gasteiger partial charge is 0.366 e. The van der Waals surface area contributed by atoms with Crippen molar-refractivity contribution >= 4 is 5.69 Å². The van der Waals surface area contributed by atoms with Crippen molar-refractivity contribution in [3.63, 3.8) is 0 Å². The standard InChI is InChI=1S/C18H31FN2/c1-6-7-8-12-21(15(4)5)18-16(13-20-14(2)3)10-9-11-17(18)19/h9-11,14-15,20H,6-8,12-13H2,1-5H3. The lowest BCUT2D eigenvalue weighted by Gasteiger charge is -2.31. The molecule has 1 rings (SSSR count). The summed E-state index contributed by atoms with van der Waals surface area (Å²) >= 11 is 0. The maximum Gasteiger partial charge on any atom is 0.146 e. The lowest BCUT2D eigenvalue weighted by Crippen LogP contribution is -2.34. The molecule has 0 bridgehead atoms. The van der Waals surface area contributed by atoms with Crippen molar-refractivity contribution in [2.45, 2.75) is 72.5 Å². The van der Waals surface area contributed by atoms with Gasteiger partial charge in [-0.25, -0.2) is 4.39 Å². The summed E-state index contributed by atoms with van der Waals surface area (Å²) in [5, 5.41) is 3.40. The van der Waals surface area contributed by atoms with Crippen molar-refractivity contribution < 1.29 is 4.39 Å². The van der Waals surface area contributed by atoms with Crippen molar-refractivity contribution in [1.82, 2.24) is 5.32 Å². The zero-order valence-electron chi connectivity index (χ0n) is 14.2. The van der Waals surface area contributed by atoms with Crippen LogP contribution >= 0.6 is 0 Å². The normalized spacial score (nSPS) is 11.4. The highest BCUT2D eigenvalue weighted by Gasteiger charge is 2.18. The van der Waals surface area contributed by atoms with Crippen LogP contribution in [0.3, 0.4) is 0 Å². The predicted octanol–water partition coefficient (Wildman–Crippen LogP) is 4.73. The maximum atomic E-state index is 14.4. The zero-order valence-corrected chi connectivity index (χ0v) is 14.2. The number of rotatable bonds is 9. The third kappa shape index (κ3) is 5.66. The monoisotopic (exact) mass is 294 g/mol. The molecule has 21 heavy (non-hydrogen) atoms. The molecule has 0 radical (unpaired) electrons. The van der Waals surface area contributed by atoms with E-state index in [9.17, 15) is 4.39 Å². The van der Waals surface area contributed by atoms with E-state index in [1.807, 2.05) is 6.07 Å². The highest BCUT2D eigenvalue weighted by molar-refractivity contribution is 5.55. The number of nitrogens with zero attached hydrogens (tertiary/aromatic N) is 1. The first-order valence-corrected chi connectivity index (χ1v) is 8.24. The highest BCUT2D eigenvalue weighted by Crippen LogP contribution is 2.27. The van der Waals surface area contributed by atoms with E-state index in [-0.39, 0.29) is 5.82 Å². The van der Waals surface area contributed by atoms with Crippen molar-refractivity contribution in [2.24, 2.45) is 0 Å². The first kappa shape index (κ1) is 18.0. The molecule has 0 atom stereocenters. The number of halogens is 1. The first-order chi connectivity index (χ1) is 9.97. The van der Waals surface area contributed by atoms with Crippen molar-refractivity contribution in [1.29, 1.82) is 0 Å². The second-order valence-corrected chi connectivity index (χ2v) is 6.28. The van der Waals surface area contributed by atoms with Gasteiger partial charge in [0.2, 0.25) is 0 Å². The smallest absolute Gasteiger partial charge is 0.146 e. The Bertz CT molecular complexity index is 416. The number of hydrogen-bond donors (Lipinski definition) is 1. The summed E-state index contributed by atoms with van der Waals surface area (Å²) in [5.74, 6) is -0.108. The minimum atomic E-state index is -0.108. The zero-order chi connectivity index (χ0) is 15.8. The summed E-state index contributed by atoms with van der Waals surface area (Å²) in [7, 11) is 0. The third-order valence-corrected chi connectivity index (χ3v) is 3.68. The molecule has 0 aliphatic carbocycles. The minimum absolute atomic E-state index is 0.108. The van der Waals surface area contributed by atoms with Crippen LogP contribution in [0.2, 0.25) is 0 Å². The molecule has 0 amide bonds. The number of unbranched alkanes of at least 4 members (excludes halogenated alkanes) is 2. The van der Waals surface area contributed by atoms with E-state index >= 15 is 0 Å². The molecule has 1 aromatic carbocycles. The van der Waals surface area contributed by atoms with E-state index in [1.54, 1.807) is 12.1 Å². The van der Waals surface area contributed by atoms with Gasteiger partial charge < -0.3 is 10.2 Å². The van der Waals surface area contributed by atoms with Gasteiger partial charge in [0.1, 0.15) is 5.82 Å². The lowest BCUT2D eigenvalue weighted by atomic mass is 10.1. The van der Waals surface area contributed by atoms with E-state index in [0.717, 1.165) is 24.2 Å². The summed E-state index contributed by atoms with van der Waals surface area (Å²) in [6.45, 7) is 12.3. The van der Waals surface area contributed by atoms with Gasteiger partial charge in [-0.2, -0.15) is 0 Å². The molecular weight excluding hydrogens is 263 g/mol. The van der Waals surface area contributed by atoms with Gasteiger partial charge in [-0.3, -0.25) is 0 Å². The van der Waals surface area contributed by atoms with Gasteiger partial charge in [-0.05, 0) is 31.9 Å². The van der Waals surface area contributed by atoms with E-state index in [0.29, 0.717) is 18.6 Å². The predicted molar refractivity (Wildman–Crippen MR) is 90.4 cm³/mol. The Morgan fingerprint density at radius 3 is 2.43 bits per heavy atom. The van der Waals surface area contributed by atoms with Gasteiger partial charge in [-0.15, -0.1) is 0 Å². The summed E-state index contributed by atoms with van der Waals surface area (Å²) in [6, 6.07) is 6.11. The first-order valence-electron chi connectivity index (χ1n) is 8.24. The average Bonchev–Trinajstić information content (AvgIpc) is 2.42. The molecule has 0 saturated heterocycles. The topological polar surface area (TPSA) is 15.3 Å². The fraction of sp³-hybridized carbons (Fsp3) is 0.667.